The molecule has 178 valence electrons. The lowest BCUT2D eigenvalue weighted by molar-refractivity contribution is 0.102. The quantitative estimate of drug-likeness (QED) is 0.264. The first kappa shape index (κ1) is 23.7. The summed E-state index contributed by atoms with van der Waals surface area (Å²) in [4.78, 5) is 12.8. The molecule has 0 saturated carbocycles. The highest BCUT2D eigenvalue weighted by Crippen LogP contribution is 2.21. The van der Waals surface area contributed by atoms with Crippen molar-refractivity contribution in [1.29, 1.82) is 0 Å². The number of anilines is 1. The summed E-state index contributed by atoms with van der Waals surface area (Å²) >= 11 is 0. The van der Waals surface area contributed by atoms with Crippen molar-refractivity contribution in [2.75, 3.05) is 31.7 Å². The van der Waals surface area contributed by atoms with Crippen LogP contribution in [0.2, 0.25) is 0 Å². The van der Waals surface area contributed by atoms with Gasteiger partial charge in [-0.15, -0.1) is 0 Å². The van der Waals surface area contributed by atoms with Gasteiger partial charge in [0.25, 0.3) is 5.91 Å². The van der Waals surface area contributed by atoms with Crippen LogP contribution in [0.5, 0.6) is 23.0 Å². The molecule has 4 aromatic rings. The van der Waals surface area contributed by atoms with Gasteiger partial charge in [0.2, 0.25) is 0 Å². The molecule has 0 radical (unpaired) electrons. The first-order valence-electron chi connectivity index (χ1n) is 11.4. The van der Waals surface area contributed by atoms with E-state index in [-0.39, 0.29) is 5.91 Å². The van der Waals surface area contributed by atoms with E-state index < -0.39 is 0 Å². The summed E-state index contributed by atoms with van der Waals surface area (Å²) < 4.78 is 22.8. The standard InChI is InChI=1S/C29H27NO5/c31-29(27-13-7-8-14-28(27)35-22-21-33-25-11-5-2-6-12-25)30-23-15-17-26(18-16-23)34-20-19-32-24-9-3-1-4-10-24/h1-18H,19-22H2,(H,30,31). The zero-order valence-corrected chi connectivity index (χ0v) is 19.3. The highest BCUT2D eigenvalue weighted by atomic mass is 16.5. The fourth-order valence-corrected chi connectivity index (χ4v) is 3.28. The maximum absolute atomic E-state index is 12.8. The maximum atomic E-state index is 12.8. The number of ether oxygens (including phenoxy) is 4. The average molecular weight is 470 g/mol. The third-order valence-corrected chi connectivity index (χ3v) is 4.96. The lowest BCUT2D eigenvalue weighted by Crippen LogP contribution is -2.15. The Morgan fingerprint density at radius 1 is 0.514 bits per heavy atom. The molecule has 0 aromatic heterocycles. The van der Waals surface area contributed by atoms with Gasteiger partial charge in [-0.2, -0.15) is 0 Å². The van der Waals surface area contributed by atoms with E-state index >= 15 is 0 Å². The zero-order valence-electron chi connectivity index (χ0n) is 19.3. The molecule has 6 nitrogen and oxygen atoms in total. The Kier molecular flexibility index (Phi) is 8.60. The van der Waals surface area contributed by atoms with Crippen molar-refractivity contribution < 1.29 is 23.7 Å². The molecule has 6 heteroatoms. The molecule has 0 unspecified atom stereocenters. The summed E-state index contributed by atoms with van der Waals surface area (Å²) in [5.41, 5.74) is 1.11. The number of rotatable bonds is 12. The fraction of sp³-hybridized carbons (Fsp3) is 0.138. The third kappa shape index (κ3) is 7.54. The number of para-hydroxylation sites is 3. The van der Waals surface area contributed by atoms with Gasteiger partial charge >= 0.3 is 0 Å². The van der Waals surface area contributed by atoms with Crippen molar-refractivity contribution in [3.8, 4) is 23.0 Å². The SMILES string of the molecule is O=C(Nc1ccc(OCCOc2ccccc2)cc1)c1ccccc1OCCOc1ccccc1. The number of carbonyl (C=O) groups excluding carboxylic acids is 1. The van der Waals surface area contributed by atoms with Crippen LogP contribution in [0, 0.1) is 0 Å². The minimum Gasteiger partial charge on any atom is -0.490 e. The van der Waals surface area contributed by atoms with E-state index in [0.29, 0.717) is 49.2 Å². The van der Waals surface area contributed by atoms with Gasteiger partial charge in [-0.3, -0.25) is 4.79 Å². The summed E-state index contributed by atoms with van der Waals surface area (Å²) in [6.07, 6.45) is 0. The molecule has 35 heavy (non-hydrogen) atoms. The molecule has 0 aliphatic rings. The van der Waals surface area contributed by atoms with Crippen molar-refractivity contribution in [1.82, 2.24) is 0 Å². The van der Waals surface area contributed by atoms with Gasteiger partial charge in [0.05, 0.1) is 5.56 Å². The molecule has 0 saturated heterocycles. The maximum Gasteiger partial charge on any atom is 0.259 e. The predicted octanol–water partition coefficient (Wildman–Crippen LogP) is 5.85. The Labute approximate surface area is 205 Å². The molecular weight excluding hydrogens is 442 g/mol. The van der Waals surface area contributed by atoms with Crippen LogP contribution in [-0.2, 0) is 0 Å². The summed E-state index contributed by atoms with van der Waals surface area (Å²) in [5, 5.41) is 2.90. The van der Waals surface area contributed by atoms with Crippen molar-refractivity contribution in [3.63, 3.8) is 0 Å². The second-order valence-electron chi connectivity index (χ2n) is 7.49. The Morgan fingerprint density at radius 2 is 0.971 bits per heavy atom. The van der Waals surface area contributed by atoms with Crippen LogP contribution >= 0.6 is 0 Å². The van der Waals surface area contributed by atoms with E-state index in [2.05, 4.69) is 5.32 Å². The van der Waals surface area contributed by atoms with Crippen molar-refractivity contribution in [2.24, 2.45) is 0 Å². The Morgan fingerprint density at radius 3 is 1.54 bits per heavy atom. The lowest BCUT2D eigenvalue weighted by atomic mass is 10.2. The largest absolute Gasteiger partial charge is 0.490 e. The number of nitrogens with one attached hydrogen (secondary N) is 1. The molecule has 0 aliphatic heterocycles. The van der Waals surface area contributed by atoms with Gasteiger partial charge in [0.1, 0.15) is 49.4 Å². The van der Waals surface area contributed by atoms with Gasteiger partial charge in [0, 0.05) is 5.69 Å². The minimum atomic E-state index is -0.255. The highest BCUT2D eigenvalue weighted by Gasteiger charge is 2.12. The van der Waals surface area contributed by atoms with Crippen molar-refractivity contribution in [3.05, 3.63) is 115 Å². The summed E-state index contributed by atoms with van der Waals surface area (Å²) in [6.45, 7) is 1.55. The van der Waals surface area contributed by atoms with Gasteiger partial charge in [-0.1, -0.05) is 48.5 Å². The molecular formula is C29H27NO5. The van der Waals surface area contributed by atoms with E-state index in [1.165, 1.54) is 0 Å². The minimum absolute atomic E-state index is 0.255. The van der Waals surface area contributed by atoms with Gasteiger partial charge in [-0.05, 0) is 60.7 Å². The second-order valence-corrected chi connectivity index (χ2v) is 7.49. The van der Waals surface area contributed by atoms with Gasteiger partial charge < -0.3 is 24.3 Å². The van der Waals surface area contributed by atoms with Crippen molar-refractivity contribution >= 4 is 11.6 Å². The van der Waals surface area contributed by atoms with E-state index in [0.717, 1.165) is 11.5 Å². The fourth-order valence-electron chi connectivity index (χ4n) is 3.28. The smallest absolute Gasteiger partial charge is 0.259 e. The third-order valence-electron chi connectivity index (χ3n) is 4.96. The van der Waals surface area contributed by atoms with Crippen LogP contribution in [-0.4, -0.2) is 32.3 Å². The molecule has 0 atom stereocenters. The van der Waals surface area contributed by atoms with Crippen molar-refractivity contribution in [2.45, 2.75) is 0 Å². The van der Waals surface area contributed by atoms with Gasteiger partial charge in [0.15, 0.2) is 0 Å². The molecule has 0 aliphatic carbocycles. The number of hydrogen-bond donors (Lipinski definition) is 1. The van der Waals surface area contributed by atoms with Crippen LogP contribution in [0.15, 0.2) is 109 Å². The predicted molar refractivity (Wildman–Crippen MR) is 136 cm³/mol. The molecule has 1 N–H and O–H groups in total. The Bertz CT molecular complexity index is 1180. The normalized spacial score (nSPS) is 10.3. The summed E-state index contributed by atoms with van der Waals surface area (Å²) in [5.74, 6) is 2.52. The second kappa shape index (κ2) is 12.7. The summed E-state index contributed by atoms with van der Waals surface area (Å²) in [7, 11) is 0. The van der Waals surface area contributed by atoms with E-state index in [4.69, 9.17) is 18.9 Å². The Hall–Kier alpha value is -4.45. The Balaban J connectivity index is 1.23. The molecule has 0 bridgehead atoms. The molecule has 0 spiro atoms. The number of hydrogen-bond acceptors (Lipinski definition) is 5. The monoisotopic (exact) mass is 469 g/mol. The first-order valence-corrected chi connectivity index (χ1v) is 11.4. The van der Waals surface area contributed by atoms with E-state index in [1.807, 2.05) is 66.7 Å². The zero-order chi connectivity index (χ0) is 24.1. The number of benzene rings is 4. The molecule has 1 amide bonds. The summed E-state index contributed by atoms with van der Waals surface area (Å²) in [6, 6.07) is 33.5. The average Bonchev–Trinajstić information content (AvgIpc) is 2.91. The van der Waals surface area contributed by atoms with E-state index in [9.17, 15) is 4.79 Å². The van der Waals surface area contributed by atoms with Crippen LogP contribution in [0.1, 0.15) is 10.4 Å². The van der Waals surface area contributed by atoms with Crippen LogP contribution in [0.4, 0.5) is 5.69 Å². The molecule has 0 fully saturated rings. The number of amides is 1. The van der Waals surface area contributed by atoms with Gasteiger partial charge in [-0.25, -0.2) is 0 Å². The number of carbonyl (C=O) groups is 1. The van der Waals surface area contributed by atoms with Crippen LogP contribution in [0.25, 0.3) is 0 Å². The van der Waals surface area contributed by atoms with Crippen LogP contribution in [0.3, 0.4) is 0 Å². The topological polar surface area (TPSA) is 66.0 Å². The first-order chi connectivity index (χ1) is 17.3. The van der Waals surface area contributed by atoms with E-state index in [1.54, 1.807) is 42.5 Å². The highest BCUT2D eigenvalue weighted by molar-refractivity contribution is 6.06. The van der Waals surface area contributed by atoms with Crippen LogP contribution < -0.4 is 24.3 Å². The lowest BCUT2D eigenvalue weighted by Gasteiger charge is -2.13. The molecule has 4 aromatic carbocycles. The molecule has 0 heterocycles. The molecule has 4 rings (SSSR count).